The largest absolute Gasteiger partial charge is 0.383 e. The van der Waals surface area contributed by atoms with Crippen molar-refractivity contribution in [1.82, 2.24) is 14.5 Å². The predicted octanol–water partition coefficient (Wildman–Crippen LogP) is 3.74. The van der Waals surface area contributed by atoms with E-state index in [1.165, 1.54) is 11.9 Å². The molecule has 3 aromatic rings. The molecule has 0 aliphatic rings. The number of benzene rings is 1. The minimum Gasteiger partial charge on any atom is -0.383 e. The lowest BCUT2D eigenvalue weighted by atomic mass is 10.0. The number of aryl methyl sites for hydroxylation is 1. The van der Waals surface area contributed by atoms with E-state index in [0.29, 0.717) is 5.82 Å². The van der Waals surface area contributed by atoms with Crippen LogP contribution in [-0.4, -0.2) is 14.5 Å². The highest BCUT2D eigenvalue weighted by Gasteiger charge is 2.21. The zero-order valence-corrected chi connectivity index (χ0v) is 12.9. The highest BCUT2D eigenvalue weighted by atomic mass is 15.1. The Kier molecular flexibility index (Phi) is 2.97. The number of fused-ring (bicyclic) bond motifs is 1. The maximum absolute atomic E-state index is 6.12. The van der Waals surface area contributed by atoms with Crippen LogP contribution in [0, 0.1) is 6.92 Å². The van der Waals surface area contributed by atoms with Crippen molar-refractivity contribution >= 4 is 16.9 Å². The van der Waals surface area contributed by atoms with Crippen LogP contribution in [0.3, 0.4) is 0 Å². The highest BCUT2D eigenvalue weighted by molar-refractivity contribution is 6.00. The van der Waals surface area contributed by atoms with E-state index >= 15 is 0 Å². The Morgan fingerprint density at radius 2 is 1.71 bits per heavy atom. The number of hydrogen-bond donors (Lipinski definition) is 1. The summed E-state index contributed by atoms with van der Waals surface area (Å²) >= 11 is 0. The Balaban J connectivity index is 2.35. The lowest BCUT2D eigenvalue weighted by Gasteiger charge is -2.21. The van der Waals surface area contributed by atoms with Crippen LogP contribution in [0.15, 0.2) is 36.8 Å². The first-order chi connectivity index (χ1) is 9.88. The van der Waals surface area contributed by atoms with Gasteiger partial charge in [-0.25, -0.2) is 9.97 Å². The summed E-state index contributed by atoms with van der Waals surface area (Å²) in [7, 11) is 0. The molecule has 0 saturated heterocycles. The summed E-state index contributed by atoms with van der Waals surface area (Å²) in [5.74, 6) is 0.526. The van der Waals surface area contributed by atoms with E-state index in [0.717, 1.165) is 22.2 Å². The molecular formula is C17H20N4. The summed E-state index contributed by atoms with van der Waals surface area (Å²) in [5.41, 5.74) is 10.4. The highest BCUT2D eigenvalue weighted by Crippen LogP contribution is 2.35. The van der Waals surface area contributed by atoms with Crippen molar-refractivity contribution in [2.24, 2.45) is 0 Å². The zero-order valence-electron chi connectivity index (χ0n) is 12.9. The molecule has 108 valence electrons. The van der Waals surface area contributed by atoms with E-state index in [1.54, 1.807) is 0 Å². The van der Waals surface area contributed by atoms with E-state index in [9.17, 15) is 0 Å². The minimum atomic E-state index is -0.0675. The smallest absolute Gasteiger partial charge is 0.146 e. The maximum atomic E-state index is 6.12. The van der Waals surface area contributed by atoms with Gasteiger partial charge in [0.2, 0.25) is 0 Å². The second-order valence-electron chi connectivity index (χ2n) is 6.41. The normalized spacial score (nSPS) is 12.0. The van der Waals surface area contributed by atoms with Crippen LogP contribution in [0.2, 0.25) is 0 Å². The van der Waals surface area contributed by atoms with Gasteiger partial charge < -0.3 is 10.3 Å². The van der Waals surface area contributed by atoms with Gasteiger partial charge in [-0.1, -0.05) is 29.8 Å². The first-order valence-corrected chi connectivity index (χ1v) is 7.07. The topological polar surface area (TPSA) is 56.7 Å². The number of rotatable bonds is 1. The van der Waals surface area contributed by atoms with Crippen molar-refractivity contribution in [3.05, 3.63) is 42.4 Å². The summed E-state index contributed by atoms with van der Waals surface area (Å²) < 4.78 is 2.16. The molecule has 0 atom stereocenters. The summed E-state index contributed by atoms with van der Waals surface area (Å²) in [4.78, 5) is 8.60. The quantitative estimate of drug-likeness (QED) is 0.738. The lowest BCUT2D eigenvalue weighted by Crippen LogP contribution is -2.21. The third-order valence-corrected chi connectivity index (χ3v) is 3.70. The SMILES string of the molecule is Cc1ccc(-c2cn(C(C)(C)C)c3ncnc(N)c23)cc1. The van der Waals surface area contributed by atoms with Crippen LogP contribution in [0.4, 0.5) is 5.82 Å². The molecular weight excluding hydrogens is 260 g/mol. The Bertz CT molecular complexity index is 792. The van der Waals surface area contributed by atoms with Crippen LogP contribution < -0.4 is 5.73 Å². The second-order valence-corrected chi connectivity index (χ2v) is 6.41. The average molecular weight is 280 g/mol. The van der Waals surface area contributed by atoms with Crippen molar-refractivity contribution in [3.63, 3.8) is 0 Å². The molecule has 0 saturated carbocycles. The number of nitrogens with two attached hydrogens (primary N) is 1. The number of nitrogen functional groups attached to an aromatic ring is 1. The molecule has 0 bridgehead atoms. The second kappa shape index (κ2) is 4.58. The molecule has 2 N–H and O–H groups in total. The van der Waals surface area contributed by atoms with Crippen LogP contribution >= 0.6 is 0 Å². The van der Waals surface area contributed by atoms with Gasteiger partial charge in [0.15, 0.2) is 0 Å². The molecule has 4 heteroatoms. The first-order valence-electron chi connectivity index (χ1n) is 7.07. The third kappa shape index (κ3) is 2.27. The summed E-state index contributed by atoms with van der Waals surface area (Å²) in [5, 5.41) is 0.927. The Morgan fingerprint density at radius 1 is 1.05 bits per heavy atom. The Hall–Kier alpha value is -2.36. The van der Waals surface area contributed by atoms with Gasteiger partial charge in [-0.2, -0.15) is 0 Å². The molecule has 1 aromatic carbocycles. The Labute approximate surface area is 124 Å². The zero-order chi connectivity index (χ0) is 15.2. The third-order valence-electron chi connectivity index (χ3n) is 3.70. The summed E-state index contributed by atoms with van der Waals surface area (Å²) in [6, 6.07) is 8.44. The molecule has 2 aromatic heterocycles. The molecule has 0 amide bonds. The molecule has 0 aliphatic heterocycles. The van der Waals surface area contributed by atoms with E-state index in [2.05, 4.69) is 72.7 Å². The molecule has 0 unspecified atom stereocenters. The number of nitrogens with zero attached hydrogens (tertiary/aromatic N) is 3. The van der Waals surface area contributed by atoms with Crippen LogP contribution in [0.25, 0.3) is 22.2 Å². The van der Waals surface area contributed by atoms with E-state index in [-0.39, 0.29) is 5.54 Å². The molecule has 2 heterocycles. The fourth-order valence-corrected chi connectivity index (χ4v) is 2.55. The number of hydrogen-bond acceptors (Lipinski definition) is 3. The lowest BCUT2D eigenvalue weighted by molar-refractivity contribution is 0.408. The van der Waals surface area contributed by atoms with Gasteiger partial charge in [0.05, 0.1) is 5.39 Å². The fraction of sp³-hybridized carbons (Fsp3) is 0.294. The van der Waals surface area contributed by atoms with Crippen molar-refractivity contribution in [1.29, 1.82) is 0 Å². The van der Waals surface area contributed by atoms with Crippen LogP contribution in [0.5, 0.6) is 0 Å². The van der Waals surface area contributed by atoms with Gasteiger partial charge >= 0.3 is 0 Å². The van der Waals surface area contributed by atoms with Crippen molar-refractivity contribution < 1.29 is 0 Å². The van der Waals surface area contributed by atoms with Crippen molar-refractivity contribution in [3.8, 4) is 11.1 Å². The van der Waals surface area contributed by atoms with Gasteiger partial charge in [-0.3, -0.25) is 0 Å². The summed E-state index contributed by atoms with van der Waals surface area (Å²) in [6.45, 7) is 8.55. The fourth-order valence-electron chi connectivity index (χ4n) is 2.55. The average Bonchev–Trinajstić information content (AvgIpc) is 2.80. The molecule has 21 heavy (non-hydrogen) atoms. The monoisotopic (exact) mass is 280 g/mol. The summed E-state index contributed by atoms with van der Waals surface area (Å²) in [6.07, 6.45) is 3.65. The van der Waals surface area contributed by atoms with E-state index in [4.69, 9.17) is 5.73 Å². The van der Waals surface area contributed by atoms with E-state index < -0.39 is 0 Å². The standard InChI is InChI=1S/C17H20N4/c1-11-5-7-12(8-6-11)13-9-21(17(2,3)4)16-14(13)15(18)19-10-20-16/h5-10H,1-4H3,(H2,18,19,20). The van der Waals surface area contributed by atoms with Gasteiger partial charge in [0, 0.05) is 17.3 Å². The first kappa shape index (κ1) is 13.6. The van der Waals surface area contributed by atoms with Gasteiger partial charge in [-0.05, 0) is 33.3 Å². The van der Waals surface area contributed by atoms with Crippen molar-refractivity contribution in [2.45, 2.75) is 33.2 Å². The Morgan fingerprint density at radius 3 is 2.33 bits per heavy atom. The molecule has 3 rings (SSSR count). The maximum Gasteiger partial charge on any atom is 0.146 e. The van der Waals surface area contributed by atoms with Gasteiger partial charge in [-0.15, -0.1) is 0 Å². The number of aromatic nitrogens is 3. The molecule has 0 fully saturated rings. The predicted molar refractivity (Wildman–Crippen MR) is 87.1 cm³/mol. The van der Waals surface area contributed by atoms with Gasteiger partial charge in [0.1, 0.15) is 17.8 Å². The van der Waals surface area contributed by atoms with Crippen molar-refractivity contribution in [2.75, 3.05) is 5.73 Å². The molecule has 0 aliphatic carbocycles. The number of anilines is 1. The van der Waals surface area contributed by atoms with Crippen LogP contribution in [-0.2, 0) is 5.54 Å². The van der Waals surface area contributed by atoms with Crippen LogP contribution in [0.1, 0.15) is 26.3 Å². The van der Waals surface area contributed by atoms with E-state index in [1.807, 2.05) is 0 Å². The molecule has 0 spiro atoms. The minimum absolute atomic E-state index is 0.0675. The molecule has 0 radical (unpaired) electrons. The van der Waals surface area contributed by atoms with Gasteiger partial charge in [0.25, 0.3) is 0 Å². The molecule has 4 nitrogen and oxygen atoms in total.